The molecular weight excluding hydrogens is 336 g/mol. The Morgan fingerprint density at radius 3 is 2.42 bits per heavy atom. The number of hydrogen-bond acceptors (Lipinski definition) is 4. The number of rotatable bonds is 6. The molecule has 7 heteroatoms. The molecule has 1 heterocycles. The maximum atomic E-state index is 12.7. The molecule has 142 valence electrons. The zero-order valence-corrected chi connectivity index (χ0v) is 15.5. The number of aliphatic carboxylic acids is 1. The number of carbonyl (C=O) groups excluding carboxylic acids is 2. The highest BCUT2D eigenvalue weighted by Crippen LogP contribution is 2.21. The molecule has 2 rings (SSSR count). The highest BCUT2D eigenvalue weighted by molar-refractivity contribution is 5.98. The Kier molecular flexibility index (Phi) is 6.60. The number of piperidine rings is 1. The van der Waals surface area contributed by atoms with Crippen molar-refractivity contribution in [3.05, 3.63) is 29.8 Å². The summed E-state index contributed by atoms with van der Waals surface area (Å²) in [5, 5.41) is 9.03. The third-order valence-corrected chi connectivity index (χ3v) is 4.40. The predicted octanol–water partition coefficient (Wildman–Crippen LogP) is 1.87. The van der Waals surface area contributed by atoms with Gasteiger partial charge in [0, 0.05) is 20.1 Å². The highest BCUT2D eigenvalue weighted by atomic mass is 16.5. The Balaban J connectivity index is 1.97. The van der Waals surface area contributed by atoms with Crippen LogP contribution in [0.3, 0.4) is 0 Å². The summed E-state index contributed by atoms with van der Waals surface area (Å²) in [5.74, 6) is -1.17. The molecule has 1 saturated heterocycles. The van der Waals surface area contributed by atoms with Gasteiger partial charge in [0.25, 0.3) is 5.91 Å². The number of carbonyl (C=O) groups is 3. The summed E-state index contributed by atoms with van der Waals surface area (Å²) in [5.41, 5.74) is 0.418. The number of para-hydroxylation sites is 1. The maximum absolute atomic E-state index is 12.7. The third-order valence-electron chi connectivity index (χ3n) is 4.40. The summed E-state index contributed by atoms with van der Waals surface area (Å²) in [6.45, 7) is 4.53. The number of likely N-dealkylation sites (tertiary alicyclic amines) is 1. The van der Waals surface area contributed by atoms with E-state index in [4.69, 9.17) is 9.84 Å². The van der Waals surface area contributed by atoms with Gasteiger partial charge in [-0.25, -0.2) is 0 Å². The SMILES string of the molecule is CC(C)Oc1ccccc1C(=O)N(C)CC(=O)N1CCC(C(=O)O)CC1. The van der Waals surface area contributed by atoms with Crippen LogP contribution in [-0.4, -0.2) is 65.5 Å². The second kappa shape index (κ2) is 8.69. The first-order valence-corrected chi connectivity index (χ1v) is 8.81. The van der Waals surface area contributed by atoms with Crippen molar-refractivity contribution >= 4 is 17.8 Å². The Labute approximate surface area is 153 Å². The van der Waals surface area contributed by atoms with E-state index in [1.54, 1.807) is 36.2 Å². The summed E-state index contributed by atoms with van der Waals surface area (Å²) in [4.78, 5) is 39.1. The van der Waals surface area contributed by atoms with Crippen molar-refractivity contribution < 1.29 is 24.2 Å². The van der Waals surface area contributed by atoms with Crippen LogP contribution in [0.4, 0.5) is 0 Å². The fraction of sp³-hybridized carbons (Fsp3) is 0.526. The van der Waals surface area contributed by atoms with Gasteiger partial charge in [-0.05, 0) is 38.8 Å². The molecule has 0 bridgehead atoms. The second-order valence-electron chi connectivity index (χ2n) is 6.82. The van der Waals surface area contributed by atoms with Crippen LogP contribution in [0.5, 0.6) is 5.75 Å². The lowest BCUT2D eigenvalue weighted by atomic mass is 9.97. The number of ether oxygens (including phenoxy) is 1. The van der Waals surface area contributed by atoms with E-state index in [1.165, 1.54) is 4.90 Å². The number of carboxylic acids is 1. The van der Waals surface area contributed by atoms with Crippen LogP contribution in [0.15, 0.2) is 24.3 Å². The van der Waals surface area contributed by atoms with Gasteiger partial charge in [-0.2, -0.15) is 0 Å². The summed E-state index contributed by atoms with van der Waals surface area (Å²) >= 11 is 0. The van der Waals surface area contributed by atoms with Crippen molar-refractivity contribution in [3.63, 3.8) is 0 Å². The molecule has 0 saturated carbocycles. The number of carboxylic acid groups (broad SMARTS) is 1. The minimum Gasteiger partial charge on any atom is -0.490 e. The van der Waals surface area contributed by atoms with Crippen molar-refractivity contribution in [1.29, 1.82) is 0 Å². The Morgan fingerprint density at radius 2 is 1.85 bits per heavy atom. The molecule has 0 aromatic heterocycles. The fourth-order valence-electron chi connectivity index (χ4n) is 2.96. The lowest BCUT2D eigenvalue weighted by molar-refractivity contribution is -0.145. The number of amides is 2. The van der Waals surface area contributed by atoms with E-state index in [0.29, 0.717) is 37.2 Å². The van der Waals surface area contributed by atoms with Gasteiger partial charge >= 0.3 is 5.97 Å². The minimum atomic E-state index is -0.814. The van der Waals surface area contributed by atoms with E-state index >= 15 is 0 Å². The van der Waals surface area contributed by atoms with Crippen molar-refractivity contribution in [3.8, 4) is 5.75 Å². The first-order valence-electron chi connectivity index (χ1n) is 8.81. The van der Waals surface area contributed by atoms with Crippen molar-refractivity contribution in [2.45, 2.75) is 32.8 Å². The quantitative estimate of drug-likeness (QED) is 0.835. The van der Waals surface area contributed by atoms with Gasteiger partial charge < -0.3 is 19.6 Å². The standard InChI is InChI=1S/C19H26N2O5/c1-13(2)26-16-7-5-4-6-15(16)18(23)20(3)12-17(22)21-10-8-14(9-11-21)19(24)25/h4-7,13-14H,8-12H2,1-3H3,(H,24,25). The first kappa shape index (κ1) is 19.8. The molecule has 0 atom stereocenters. The van der Waals surface area contributed by atoms with E-state index in [2.05, 4.69) is 0 Å². The summed E-state index contributed by atoms with van der Waals surface area (Å²) < 4.78 is 5.67. The van der Waals surface area contributed by atoms with Gasteiger partial charge in [-0.3, -0.25) is 14.4 Å². The van der Waals surface area contributed by atoms with Crippen LogP contribution < -0.4 is 4.74 Å². The molecular formula is C19H26N2O5. The van der Waals surface area contributed by atoms with E-state index < -0.39 is 11.9 Å². The Morgan fingerprint density at radius 1 is 1.23 bits per heavy atom. The van der Waals surface area contributed by atoms with Crippen LogP contribution >= 0.6 is 0 Å². The molecule has 0 aliphatic carbocycles. The number of hydrogen-bond donors (Lipinski definition) is 1. The molecule has 0 spiro atoms. The van der Waals surface area contributed by atoms with Gasteiger partial charge in [-0.15, -0.1) is 0 Å². The number of likely N-dealkylation sites (N-methyl/N-ethyl adjacent to an activating group) is 1. The molecule has 1 fully saturated rings. The Bertz CT molecular complexity index is 666. The molecule has 1 aromatic rings. The summed E-state index contributed by atoms with van der Waals surface area (Å²) in [7, 11) is 1.58. The molecule has 0 radical (unpaired) electrons. The zero-order chi connectivity index (χ0) is 19.3. The predicted molar refractivity (Wildman–Crippen MR) is 96.1 cm³/mol. The van der Waals surface area contributed by atoms with Crippen LogP contribution in [0.2, 0.25) is 0 Å². The molecule has 2 amide bonds. The summed E-state index contributed by atoms with van der Waals surface area (Å²) in [6.07, 6.45) is 0.833. The third kappa shape index (κ3) is 4.97. The lowest BCUT2D eigenvalue weighted by Crippen LogP contribution is -2.45. The smallest absolute Gasteiger partial charge is 0.306 e. The summed E-state index contributed by atoms with van der Waals surface area (Å²) in [6, 6.07) is 6.97. The maximum Gasteiger partial charge on any atom is 0.306 e. The molecule has 1 aromatic carbocycles. The van der Waals surface area contributed by atoms with Crippen LogP contribution in [-0.2, 0) is 9.59 Å². The first-order chi connectivity index (χ1) is 12.3. The molecule has 1 aliphatic heterocycles. The lowest BCUT2D eigenvalue weighted by Gasteiger charge is -2.31. The minimum absolute atomic E-state index is 0.0490. The van der Waals surface area contributed by atoms with Crippen molar-refractivity contribution in [2.75, 3.05) is 26.7 Å². The van der Waals surface area contributed by atoms with Gasteiger partial charge in [0.1, 0.15) is 5.75 Å². The topological polar surface area (TPSA) is 87.2 Å². The molecule has 1 N–H and O–H groups in total. The van der Waals surface area contributed by atoms with Crippen LogP contribution in [0, 0.1) is 5.92 Å². The molecule has 26 heavy (non-hydrogen) atoms. The van der Waals surface area contributed by atoms with Gasteiger partial charge in [-0.1, -0.05) is 12.1 Å². The van der Waals surface area contributed by atoms with Crippen LogP contribution in [0.1, 0.15) is 37.0 Å². The zero-order valence-electron chi connectivity index (χ0n) is 15.5. The van der Waals surface area contributed by atoms with Gasteiger partial charge in [0.05, 0.1) is 24.1 Å². The van der Waals surface area contributed by atoms with Gasteiger partial charge in [0.15, 0.2) is 0 Å². The average molecular weight is 362 g/mol. The van der Waals surface area contributed by atoms with Crippen molar-refractivity contribution in [1.82, 2.24) is 9.80 Å². The van der Waals surface area contributed by atoms with E-state index in [0.717, 1.165) is 0 Å². The molecule has 0 unspecified atom stereocenters. The average Bonchev–Trinajstić information content (AvgIpc) is 2.61. The van der Waals surface area contributed by atoms with Crippen molar-refractivity contribution in [2.24, 2.45) is 5.92 Å². The number of benzene rings is 1. The van der Waals surface area contributed by atoms with E-state index in [1.807, 2.05) is 13.8 Å². The van der Waals surface area contributed by atoms with E-state index in [-0.39, 0.29) is 24.5 Å². The van der Waals surface area contributed by atoms with Gasteiger partial charge in [0.2, 0.25) is 5.91 Å². The fourth-order valence-corrected chi connectivity index (χ4v) is 2.96. The second-order valence-corrected chi connectivity index (χ2v) is 6.82. The van der Waals surface area contributed by atoms with Crippen LogP contribution in [0.25, 0.3) is 0 Å². The van der Waals surface area contributed by atoms with E-state index in [9.17, 15) is 14.4 Å². The molecule has 7 nitrogen and oxygen atoms in total. The normalized spacial score (nSPS) is 15.0. The monoisotopic (exact) mass is 362 g/mol. The largest absolute Gasteiger partial charge is 0.490 e. The Hall–Kier alpha value is -2.57. The highest BCUT2D eigenvalue weighted by Gasteiger charge is 2.28. The molecule has 1 aliphatic rings. The number of nitrogens with zero attached hydrogens (tertiary/aromatic N) is 2.